The molecule has 0 bridgehead atoms. The lowest BCUT2D eigenvalue weighted by atomic mass is 9.97. The van der Waals surface area contributed by atoms with Gasteiger partial charge in [-0.05, 0) is 30.4 Å². The van der Waals surface area contributed by atoms with E-state index in [9.17, 15) is 9.59 Å². The average molecular weight is 428 g/mol. The summed E-state index contributed by atoms with van der Waals surface area (Å²) in [4.78, 5) is 24.1. The Morgan fingerprint density at radius 3 is 2.06 bits per heavy atom. The van der Waals surface area contributed by atoms with Gasteiger partial charge in [-0.2, -0.15) is 0 Å². The van der Waals surface area contributed by atoms with E-state index in [1.165, 1.54) is 11.1 Å². The maximum absolute atomic E-state index is 12.1. The normalized spacial score (nSPS) is 12.0. The van der Waals surface area contributed by atoms with Gasteiger partial charge in [0.1, 0.15) is 13.2 Å². The molecule has 3 rings (SSSR count). The molecule has 7 heteroatoms. The molecule has 7 nitrogen and oxygen atoms in total. The summed E-state index contributed by atoms with van der Waals surface area (Å²) in [6.07, 6.45) is 2.40. The molecule has 1 aromatic heterocycles. The van der Waals surface area contributed by atoms with Gasteiger partial charge in [-0.3, -0.25) is 0 Å². The molecule has 1 aromatic carbocycles. The van der Waals surface area contributed by atoms with Gasteiger partial charge in [0, 0.05) is 48.6 Å². The van der Waals surface area contributed by atoms with E-state index in [4.69, 9.17) is 9.47 Å². The average Bonchev–Trinajstić information content (AvgIpc) is 3.08. The Labute approximate surface area is 184 Å². The molecule has 2 N–H and O–H groups in total. The van der Waals surface area contributed by atoms with Crippen LogP contribution in [0.3, 0.4) is 0 Å². The van der Waals surface area contributed by atoms with Crippen LogP contribution in [0.1, 0.15) is 67.3 Å². The predicted molar refractivity (Wildman–Crippen MR) is 119 cm³/mol. The maximum atomic E-state index is 12.1. The number of alkyl carbamates (subject to hydrolysis) is 2. The number of hydrogen-bond acceptors (Lipinski definition) is 4. The topological polar surface area (TPSA) is 81.6 Å². The Hall–Kier alpha value is -2.96. The van der Waals surface area contributed by atoms with Gasteiger partial charge in [0.05, 0.1) is 0 Å². The van der Waals surface area contributed by atoms with Gasteiger partial charge in [0.15, 0.2) is 0 Å². The van der Waals surface area contributed by atoms with Crippen molar-refractivity contribution in [3.8, 4) is 0 Å². The van der Waals surface area contributed by atoms with E-state index < -0.39 is 12.2 Å². The highest BCUT2D eigenvalue weighted by Gasteiger charge is 2.27. The summed E-state index contributed by atoms with van der Waals surface area (Å²) in [6, 6.07) is 8.41. The SMILES string of the molecule is CCCNC(=O)OCc1c(COC(=O)NCCC)c2n(c1CC)Cc1ccccc1C2. The molecule has 0 saturated carbocycles. The highest BCUT2D eigenvalue weighted by atomic mass is 16.6. The number of carbonyl (C=O) groups excluding carboxylic acids is 2. The van der Waals surface area contributed by atoms with E-state index in [1.54, 1.807) is 0 Å². The van der Waals surface area contributed by atoms with Crippen LogP contribution in [-0.4, -0.2) is 29.8 Å². The van der Waals surface area contributed by atoms with Gasteiger partial charge < -0.3 is 24.7 Å². The van der Waals surface area contributed by atoms with E-state index in [0.29, 0.717) is 13.1 Å². The van der Waals surface area contributed by atoms with Gasteiger partial charge in [-0.15, -0.1) is 0 Å². The van der Waals surface area contributed by atoms with Crippen molar-refractivity contribution >= 4 is 12.2 Å². The molecule has 0 spiro atoms. The third-order valence-electron chi connectivity index (χ3n) is 5.59. The van der Waals surface area contributed by atoms with Crippen LogP contribution in [0.25, 0.3) is 0 Å². The molecular weight excluding hydrogens is 394 g/mol. The molecule has 0 fully saturated rings. The summed E-state index contributed by atoms with van der Waals surface area (Å²) in [5.74, 6) is 0. The van der Waals surface area contributed by atoms with Crippen molar-refractivity contribution in [2.75, 3.05) is 13.1 Å². The fourth-order valence-corrected chi connectivity index (χ4v) is 4.04. The minimum atomic E-state index is -0.427. The van der Waals surface area contributed by atoms with Crippen molar-refractivity contribution in [1.82, 2.24) is 15.2 Å². The lowest BCUT2D eigenvalue weighted by Crippen LogP contribution is -2.26. The number of fused-ring (bicyclic) bond motifs is 2. The number of rotatable bonds is 9. The van der Waals surface area contributed by atoms with Crippen LogP contribution in [0.15, 0.2) is 24.3 Å². The Morgan fingerprint density at radius 1 is 0.903 bits per heavy atom. The number of aromatic nitrogens is 1. The van der Waals surface area contributed by atoms with E-state index >= 15 is 0 Å². The number of ether oxygens (including phenoxy) is 2. The molecule has 1 aliphatic heterocycles. The molecule has 0 atom stereocenters. The zero-order chi connectivity index (χ0) is 22.2. The van der Waals surface area contributed by atoms with Gasteiger partial charge in [-0.25, -0.2) is 9.59 Å². The summed E-state index contributed by atoms with van der Waals surface area (Å²) in [7, 11) is 0. The van der Waals surface area contributed by atoms with E-state index in [2.05, 4.69) is 46.4 Å². The van der Waals surface area contributed by atoms with Crippen LogP contribution in [0.5, 0.6) is 0 Å². The second kappa shape index (κ2) is 10.9. The molecule has 168 valence electrons. The summed E-state index contributed by atoms with van der Waals surface area (Å²) >= 11 is 0. The predicted octanol–water partition coefficient (Wildman–Crippen LogP) is 4.28. The number of benzene rings is 1. The van der Waals surface area contributed by atoms with Crippen molar-refractivity contribution < 1.29 is 19.1 Å². The monoisotopic (exact) mass is 427 g/mol. The standard InChI is InChI=1S/C24H33N3O4/c1-4-11-25-23(28)30-15-19-20(16-31-24(29)26-12-5-2)22-13-17-9-7-8-10-18(17)14-27(22)21(19)6-3/h7-10H,4-6,11-16H2,1-3H3,(H,25,28)(H,26,29). The van der Waals surface area contributed by atoms with Gasteiger partial charge in [0.2, 0.25) is 0 Å². The smallest absolute Gasteiger partial charge is 0.407 e. The zero-order valence-corrected chi connectivity index (χ0v) is 18.8. The first-order chi connectivity index (χ1) is 15.1. The lowest BCUT2D eigenvalue weighted by Gasteiger charge is -2.22. The van der Waals surface area contributed by atoms with Crippen molar-refractivity contribution in [2.24, 2.45) is 0 Å². The van der Waals surface area contributed by atoms with E-state index in [1.807, 2.05) is 13.8 Å². The quantitative estimate of drug-likeness (QED) is 0.534. The zero-order valence-electron chi connectivity index (χ0n) is 18.8. The number of hydrogen-bond donors (Lipinski definition) is 2. The highest BCUT2D eigenvalue weighted by molar-refractivity contribution is 5.68. The van der Waals surface area contributed by atoms with Crippen LogP contribution in [0.4, 0.5) is 9.59 Å². The number of amides is 2. The molecule has 1 aliphatic rings. The largest absolute Gasteiger partial charge is 0.445 e. The minimum Gasteiger partial charge on any atom is -0.445 e. The summed E-state index contributed by atoms with van der Waals surface area (Å²) in [5.41, 5.74) is 6.72. The van der Waals surface area contributed by atoms with Crippen molar-refractivity contribution in [1.29, 1.82) is 0 Å². The first kappa shape index (κ1) is 22.7. The summed E-state index contributed by atoms with van der Waals surface area (Å²) < 4.78 is 13.4. The third kappa shape index (κ3) is 5.40. The number of nitrogens with one attached hydrogen (secondary N) is 2. The van der Waals surface area contributed by atoms with Crippen LogP contribution in [-0.2, 0) is 42.1 Å². The van der Waals surface area contributed by atoms with E-state index in [-0.39, 0.29) is 13.2 Å². The van der Waals surface area contributed by atoms with Crippen LogP contribution in [0.2, 0.25) is 0 Å². The third-order valence-corrected chi connectivity index (χ3v) is 5.59. The first-order valence-electron chi connectivity index (χ1n) is 11.2. The molecule has 31 heavy (non-hydrogen) atoms. The Bertz CT molecular complexity index is 920. The number of carbonyl (C=O) groups is 2. The van der Waals surface area contributed by atoms with Crippen molar-refractivity contribution in [2.45, 2.75) is 66.2 Å². The van der Waals surface area contributed by atoms with Gasteiger partial charge in [-0.1, -0.05) is 45.0 Å². The van der Waals surface area contributed by atoms with Crippen LogP contribution >= 0.6 is 0 Å². The Kier molecular flexibility index (Phi) is 7.98. The molecule has 0 saturated heterocycles. The second-order valence-corrected chi connectivity index (χ2v) is 7.74. The molecular formula is C24H33N3O4. The number of nitrogens with zero attached hydrogens (tertiary/aromatic N) is 1. The second-order valence-electron chi connectivity index (χ2n) is 7.74. The molecule has 0 aliphatic carbocycles. The molecule has 2 amide bonds. The van der Waals surface area contributed by atoms with Gasteiger partial charge >= 0.3 is 12.2 Å². The summed E-state index contributed by atoms with van der Waals surface area (Å²) in [6.45, 7) is 8.33. The fourth-order valence-electron chi connectivity index (χ4n) is 4.04. The van der Waals surface area contributed by atoms with E-state index in [0.717, 1.165) is 54.7 Å². The van der Waals surface area contributed by atoms with Crippen LogP contribution < -0.4 is 10.6 Å². The van der Waals surface area contributed by atoms with Crippen molar-refractivity contribution in [3.05, 3.63) is 57.9 Å². The summed E-state index contributed by atoms with van der Waals surface area (Å²) in [5, 5.41) is 5.49. The minimum absolute atomic E-state index is 0.155. The van der Waals surface area contributed by atoms with Gasteiger partial charge in [0.25, 0.3) is 0 Å². The Balaban J connectivity index is 1.89. The Morgan fingerprint density at radius 2 is 1.48 bits per heavy atom. The molecule has 2 aromatic rings. The molecule has 2 heterocycles. The lowest BCUT2D eigenvalue weighted by molar-refractivity contribution is 0.131. The highest BCUT2D eigenvalue weighted by Crippen LogP contribution is 2.33. The van der Waals surface area contributed by atoms with Crippen LogP contribution in [0, 0.1) is 0 Å². The fraction of sp³-hybridized carbons (Fsp3) is 0.500. The molecule has 0 radical (unpaired) electrons. The van der Waals surface area contributed by atoms with Crippen molar-refractivity contribution in [3.63, 3.8) is 0 Å². The first-order valence-corrected chi connectivity index (χ1v) is 11.2. The maximum Gasteiger partial charge on any atom is 0.407 e. The molecule has 0 unspecified atom stereocenters.